The second kappa shape index (κ2) is 9.50. The summed E-state index contributed by atoms with van der Waals surface area (Å²) in [6, 6.07) is 18.0. The van der Waals surface area contributed by atoms with Crippen molar-refractivity contribution in [3.8, 4) is 0 Å². The number of amides is 1. The highest BCUT2D eigenvalue weighted by molar-refractivity contribution is 7.89. The topological polar surface area (TPSA) is 57.7 Å². The van der Waals surface area contributed by atoms with Crippen LogP contribution in [0.2, 0.25) is 0 Å². The number of sulfonamides is 1. The van der Waals surface area contributed by atoms with Gasteiger partial charge in [-0.2, -0.15) is 4.31 Å². The summed E-state index contributed by atoms with van der Waals surface area (Å²) < 4.78 is 27.4. The van der Waals surface area contributed by atoms with Crippen molar-refractivity contribution in [2.75, 3.05) is 26.2 Å². The van der Waals surface area contributed by atoms with Crippen LogP contribution in [-0.2, 0) is 21.2 Å². The molecule has 5 nitrogen and oxygen atoms in total. The smallest absolute Gasteiger partial charge is 0.243 e. The maximum absolute atomic E-state index is 13.0. The summed E-state index contributed by atoms with van der Waals surface area (Å²) in [5.41, 5.74) is 1.04. The Labute approximate surface area is 156 Å². The molecule has 0 aromatic heterocycles. The molecule has 26 heavy (non-hydrogen) atoms. The molecule has 6 heteroatoms. The van der Waals surface area contributed by atoms with Crippen LogP contribution in [0.1, 0.15) is 19.4 Å². The van der Waals surface area contributed by atoms with Gasteiger partial charge in [0.25, 0.3) is 0 Å². The SMILES string of the molecule is CCN(CC)C(=O)CN(CCc1ccccc1)S(=O)(=O)c1ccccc1. The van der Waals surface area contributed by atoms with Crippen molar-refractivity contribution in [3.05, 3.63) is 66.2 Å². The first-order valence-corrected chi connectivity index (χ1v) is 10.3. The minimum Gasteiger partial charge on any atom is -0.342 e. The van der Waals surface area contributed by atoms with E-state index in [0.29, 0.717) is 19.5 Å². The van der Waals surface area contributed by atoms with E-state index in [0.717, 1.165) is 5.56 Å². The molecule has 2 rings (SSSR count). The van der Waals surface area contributed by atoms with Gasteiger partial charge in [-0.05, 0) is 38.0 Å². The largest absolute Gasteiger partial charge is 0.342 e. The van der Waals surface area contributed by atoms with Gasteiger partial charge in [0.2, 0.25) is 15.9 Å². The van der Waals surface area contributed by atoms with Gasteiger partial charge in [0.1, 0.15) is 0 Å². The number of hydrogen-bond donors (Lipinski definition) is 0. The van der Waals surface area contributed by atoms with Crippen LogP contribution in [-0.4, -0.2) is 49.7 Å². The predicted octanol–water partition coefficient (Wildman–Crippen LogP) is 2.79. The van der Waals surface area contributed by atoms with Crippen LogP contribution in [0.15, 0.2) is 65.6 Å². The zero-order valence-electron chi connectivity index (χ0n) is 15.3. The minimum atomic E-state index is -3.73. The Hall–Kier alpha value is -2.18. The maximum atomic E-state index is 13.0. The second-order valence-electron chi connectivity index (χ2n) is 5.95. The average Bonchev–Trinajstić information content (AvgIpc) is 2.67. The van der Waals surface area contributed by atoms with Gasteiger partial charge in [-0.25, -0.2) is 8.42 Å². The van der Waals surface area contributed by atoms with E-state index in [4.69, 9.17) is 0 Å². The van der Waals surface area contributed by atoms with Gasteiger partial charge in [-0.15, -0.1) is 0 Å². The van der Waals surface area contributed by atoms with Crippen molar-refractivity contribution in [1.82, 2.24) is 9.21 Å². The lowest BCUT2D eigenvalue weighted by Crippen LogP contribution is -2.43. The monoisotopic (exact) mass is 374 g/mol. The molecule has 0 aliphatic rings. The number of carbonyl (C=O) groups excluding carboxylic acids is 1. The summed E-state index contributed by atoms with van der Waals surface area (Å²) in [6.45, 7) is 5.02. The Balaban J connectivity index is 2.24. The van der Waals surface area contributed by atoms with Gasteiger partial charge < -0.3 is 4.90 Å². The van der Waals surface area contributed by atoms with Crippen molar-refractivity contribution < 1.29 is 13.2 Å². The average molecular weight is 375 g/mol. The molecule has 0 bridgehead atoms. The third kappa shape index (κ3) is 5.16. The molecular weight excluding hydrogens is 348 g/mol. The van der Waals surface area contributed by atoms with Gasteiger partial charge in [0.05, 0.1) is 11.4 Å². The maximum Gasteiger partial charge on any atom is 0.243 e. The highest BCUT2D eigenvalue weighted by atomic mass is 32.2. The van der Waals surface area contributed by atoms with Gasteiger partial charge in [0.15, 0.2) is 0 Å². The normalized spacial score (nSPS) is 11.5. The fourth-order valence-corrected chi connectivity index (χ4v) is 4.16. The minimum absolute atomic E-state index is 0.147. The predicted molar refractivity (Wildman–Crippen MR) is 103 cm³/mol. The third-order valence-electron chi connectivity index (χ3n) is 4.30. The standard InChI is InChI=1S/C20H26N2O3S/c1-3-21(4-2)20(23)17-22(16-15-18-11-7-5-8-12-18)26(24,25)19-13-9-6-10-14-19/h5-14H,3-4,15-17H2,1-2H3. The molecule has 0 heterocycles. The number of carbonyl (C=O) groups is 1. The number of hydrogen-bond acceptors (Lipinski definition) is 3. The number of benzene rings is 2. The molecule has 0 spiro atoms. The Bertz CT molecular complexity index is 788. The third-order valence-corrected chi connectivity index (χ3v) is 6.16. The summed E-state index contributed by atoms with van der Waals surface area (Å²) in [4.78, 5) is 14.4. The number of likely N-dealkylation sites (N-methyl/N-ethyl adjacent to an activating group) is 1. The zero-order chi connectivity index (χ0) is 19.0. The van der Waals surface area contributed by atoms with Crippen LogP contribution < -0.4 is 0 Å². The van der Waals surface area contributed by atoms with Crippen LogP contribution in [0.5, 0.6) is 0 Å². The lowest BCUT2D eigenvalue weighted by molar-refractivity contribution is -0.131. The molecule has 0 saturated heterocycles. The molecule has 0 N–H and O–H groups in total. The van der Waals surface area contributed by atoms with E-state index in [1.807, 2.05) is 44.2 Å². The Morgan fingerprint density at radius 1 is 0.885 bits per heavy atom. The molecule has 0 radical (unpaired) electrons. The van der Waals surface area contributed by atoms with Gasteiger partial charge in [0, 0.05) is 19.6 Å². The molecule has 0 aliphatic heterocycles. The van der Waals surface area contributed by atoms with E-state index < -0.39 is 10.0 Å². The highest BCUT2D eigenvalue weighted by Crippen LogP contribution is 2.16. The molecule has 0 fully saturated rings. The Morgan fingerprint density at radius 2 is 1.42 bits per heavy atom. The number of rotatable bonds is 9. The molecular formula is C20H26N2O3S. The molecule has 0 unspecified atom stereocenters. The summed E-state index contributed by atoms with van der Waals surface area (Å²) in [5.74, 6) is -0.178. The highest BCUT2D eigenvalue weighted by Gasteiger charge is 2.27. The van der Waals surface area contributed by atoms with Crippen LogP contribution in [0, 0.1) is 0 Å². The summed E-state index contributed by atoms with van der Waals surface area (Å²) >= 11 is 0. The molecule has 0 aliphatic carbocycles. The quantitative estimate of drug-likeness (QED) is 0.678. The number of nitrogens with zero attached hydrogens (tertiary/aromatic N) is 2. The summed E-state index contributed by atoms with van der Waals surface area (Å²) in [5, 5.41) is 0. The van der Waals surface area contributed by atoms with Crippen LogP contribution >= 0.6 is 0 Å². The van der Waals surface area contributed by atoms with Crippen LogP contribution in [0.3, 0.4) is 0 Å². The van der Waals surface area contributed by atoms with E-state index in [9.17, 15) is 13.2 Å². The van der Waals surface area contributed by atoms with Gasteiger partial charge in [-0.3, -0.25) is 4.79 Å². The van der Waals surface area contributed by atoms with Crippen LogP contribution in [0.25, 0.3) is 0 Å². The lowest BCUT2D eigenvalue weighted by Gasteiger charge is -2.25. The first-order valence-electron chi connectivity index (χ1n) is 8.86. The summed E-state index contributed by atoms with van der Waals surface area (Å²) in [6.07, 6.45) is 0.554. The van der Waals surface area contributed by atoms with Crippen molar-refractivity contribution in [2.45, 2.75) is 25.2 Å². The Morgan fingerprint density at radius 3 is 1.96 bits per heavy atom. The molecule has 0 atom stereocenters. The molecule has 0 saturated carbocycles. The summed E-state index contributed by atoms with van der Waals surface area (Å²) in [7, 11) is -3.73. The van der Waals surface area contributed by atoms with E-state index >= 15 is 0 Å². The van der Waals surface area contributed by atoms with Crippen LogP contribution in [0.4, 0.5) is 0 Å². The lowest BCUT2D eigenvalue weighted by atomic mass is 10.1. The van der Waals surface area contributed by atoms with E-state index in [1.54, 1.807) is 35.2 Å². The molecule has 140 valence electrons. The van der Waals surface area contributed by atoms with E-state index in [1.165, 1.54) is 4.31 Å². The molecule has 2 aromatic carbocycles. The Kier molecular flexibility index (Phi) is 7.36. The second-order valence-corrected chi connectivity index (χ2v) is 7.89. The van der Waals surface area contributed by atoms with Crippen molar-refractivity contribution in [1.29, 1.82) is 0 Å². The van der Waals surface area contributed by atoms with Gasteiger partial charge in [-0.1, -0.05) is 48.5 Å². The van der Waals surface area contributed by atoms with Crippen molar-refractivity contribution in [3.63, 3.8) is 0 Å². The first kappa shape index (κ1) is 20.1. The first-order chi connectivity index (χ1) is 12.5. The van der Waals surface area contributed by atoms with Crippen molar-refractivity contribution >= 4 is 15.9 Å². The van der Waals surface area contributed by atoms with E-state index in [2.05, 4.69) is 0 Å². The molecule has 2 aromatic rings. The zero-order valence-corrected chi connectivity index (χ0v) is 16.2. The molecule has 1 amide bonds. The van der Waals surface area contributed by atoms with Crippen molar-refractivity contribution in [2.24, 2.45) is 0 Å². The fourth-order valence-electron chi connectivity index (χ4n) is 2.75. The van der Waals surface area contributed by atoms with E-state index in [-0.39, 0.29) is 23.9 Å². The van der Waals surface area contributed by atoms with Gasteiger partial charge >= 0.3 is 0 Å². The fraction of sp³-hybridized carbons (Fsp3) is 0.350.